The van der Waals surface area contributed by atoms with Crippen LogP contribution in [0, 0.1) is 5.82 Å². The summed E-state index contributed by atoms with van der Waals surface area (Å²) in [6.45, 7) is 3.62. The molecule has 0 aliphatic rings. The van der Waals surface area contributed by atoms with Gasteiger partial charge in [-0.2, -0.15) is 0 Å². The highest BCUT2D eigenvalue weighted by atomic mass is 19.1. The molecule has 0 saturated heterocycles. The van der Waals surface area contributed by atoms with Crippen molar-refractivity contribution in [1.82, 2.24) is 0 Å². The molecule has 1 rings (SSSR count). The van der Waals surface area contributed by atoms with E-state index in [1.54, 1.807) is 6.07 Å². The Bertz CT molecular complexity index is 404. The molecule has 80 valence electrons. The molecule has 1 aromatic carbocycles. The van der Waals surface area contributed by atoms with Gasteiger partial charge < -0.3 is 4.74 Å². The third-order valence-corrected chi connectivity index (χ3v) is 1.86. The lowest BCUT2D eigenvalue weighted by Crippen LogP contribution is -2.01. The Morgan fingerprint density at radius 1 is 1.40 bits per heavy atom. The second-order valence-corrected chi connectivity index (χ2v) is 3.41. The summed E-state index contributed by atoms with van der Waals surface area (Å²) in [5.74, 6) is -0.767. The van der Waals surface area contributed by atoms with E-state index in [0.717, 1.165) is 5.57 Å². The van der Waals surface area contributed by atoms with Gasteiger partial charge in [0.2, 0.25) is 0 Å². The van der Waals surface area contributed by atoms with E-state index >= 15 is 0 Å². The lowest BCUT2D eigenvalue weighted by Gasteiger charge is -2.06. The first kappa shape index (κ1) is 11.4. The van der Waals surface area contributed by atoms with Gasteiger partial charge in [0.25, 0.3) is 0 Å². The Morgan fingerprint density at radius 2 is 2.07 bits per heavy atom. The molecule has 0 unspecified atom stereocenters. The summed E-state index contributed by atoms with van der Waals surface area (Å²) >= 11 is 0. The molecular formula is C12H13FO2. The quantitative estimate of drug-likeness (QED) is 0.563. The number of rotatable bonds is 3. The highest BCUT2D eigenvalue weighted by Gasteiger charge is 2.13. The molecule has 0 heterocycles. The Kier molecular flexibility index (Phi) is 3.61. The monoisotopic (exact) mass is 208 g/mol. The van der Waals surface area contributed by atoms with Crippen LogP contribution in [0.25, 0.3) is 0 Å². The van der Waals surface area contributed by atoms with Gasteiger partial charge in [-0.3, -0.25) is 4.79 Å². The highest BCUT2D eigenvalue weighted by molar-refractivity contribution is 6.06. The molecule has 0 aliphatic heterocycles. The fourth-order valence-corrected chi connectivity index (χ4v) is 1.25. The summed E-state index contributed by atoms with van der Waals surface area (Å²) < 4.78 is 18.1. The molecule has 0 amide bonds. The van der Waals surface area contributed by atoms with E-state index < -0.39 is 5.82 Å². The van der Waals surface area contributed by atoms with Crippen LogP contribution < -0.4 is 4.74 Å². The number of ether oxygens (including phenoxy) is 1. The van der Waals surface area contributed by atoms with Crippen LogP contribution in [0.1, 0.15) is 24.2 Å². The maximum absolute atomic E-state index is 13.3. The smallest absolute Gasteiger partial charge is 0.189 e. The summed E-state index contributed by atoms with van der Waals surface area (Å²) in [4.78, 5) is 11.7. The predicted octanol–water partition coefficient (Wildman–Crippen LogP) is 2.98. The first-order chi connectivity index (χ1) is 7.06. The van der Waals surface area contributed by atoms with Gasteiger partial charge in [0, 0.05) is 0 Å². The number of carbonyl (C=O) groups excluding carboxylic acids is 1. The fraction of sp³-hybridized carbons (Fsp3) is 0.250. The molecule has 15 heavy (non-hydrogen) atoms. The van der Waals surface area contributed by atoms with Gasteiger partial charge in [-0.15, -0.1) is 0 Å². The summed E-state index contributed by atoms with van der Waals surface area (Å²) in [6.07, 6.45) is 1.46. The van der Waals surface area contributed by atoms with Crippen LogP contribution in [0.15, 0.2) is 29.8 Å². The molecule has 0 atom stereocenters. The zero-order chi connectivity index (χ0) is 11.4. The minimum atomic E-state index is -0.523. The Morgan fingerprint density at radius 3 is 2.60 bits per heavy atom. The normalized spacial score (nSPS) is 9.60. The summed E-state index contributed by atoms with van der Waals surface area (Å²) in [6, 6.07) is 4.30. The van der Waals surface area contributed by atoms with E-state index in [-0.39, 0.29) is 17.1 Å². The zero-order valence-electron chi connectivity index (χ0n) is 9.00. The molecule has 3 heteroatoms. The Balaban J connectivity index is 3.20. The maximum Gasteiger partial charge on any atom is 0.189 e. The van der Waals surface area contributed by atoms with E-state index in [1.165, 1.54) is 25.3 Å². The molecule has 1 aromatic rings. The largest absolute Gasteiger partial charge is 0.493 e. The topological polar surface area (TPSA) is 26.3 Å². The standard InChI is InChI=1S/C12H13FO2/c1-8(2)7-11(14)9-5-4-6-10(13)12(9)15-3/h4-7H,1-3H3. The number of ketones is 1. The summed E-state index contributed by atoms with van der Waals surface area (Å²) in [7, 11) is 1.34. The second kappa shape index (κ2) is 4.73. The van der Waals surface area contributed by atoms with Gasteiger partial charge in [0.05, 0.1) is 12.7 Å². The van der Waals surface area contributed by atoms with E-state index in [9.17, 15) is 9.18 Å². The van der Waals surface area contributed by atoms with Crippen molar-refractivity contribution in [2.45, 2.75) is 13.8 Å². The zero-order valence-corrected chi connectivity index (χ0v) is 9.00. The first-order valence-electron chi connectivity index (χ1n) is 4.58. The van der Waals surface area contributed by atoms with Crippen molar-refractivity contribution < 1.29 is 13.9 Å². The van der Waals surface area contributed by atoms with Gasteiger partial charge in [0.1, 0.15) is 0 Å². The first-order valence-corrected chi connectivity index (χ1v) is 4.58. The number of allylic oxidation sites excluding steroid dienone is 2. The molecule has 0 spiro atoms. The fourth-order valence-electron chi connectivity index (χ4n) is 1.25. The van der Waals surface area contributed by atoms with Crippen LogP contribution in [0.3, 0.4) is 0 Å². The van der Waals surface area contributed by atoms with E-state index in [4.69, 9.17) is 4.74 Å². The minimum absolute atomic E-state index is 0.000000000000000444. The number of methoxy groups -OCH3 is 1. The number of hydrogen-bond acceptors (Lipinski definition) is 2. The van der Waals surface area contributed by atoms with Crippen molar-refractivity contribution in [1.29, 1.82) is 0 Å². The Labute approximate surface area is 88.4 Å². The van der Waals surface area contributed by atoms with Crippen molar-refractivity contribution in [3.05, 3.63) is 41.2 Å². The van der Waals surface area contributed by atoms with Crippen molar-refractivity contribution in [3.8, 4) is 5.75 Å². The molecule has 0 radical (unpaired) electrons. The van der Waals surface area contributed by atoms with Crippen LogP contribution in [0.5, 0.6) is 5.75 Å². The van der Waals surface area contributed by atoms with Crippen LogP contribution in [0.4, 0.5) is 4.39 Å². The van der Waals surface area contributed by atoms with Gasteiger partial charge in [-0.05, 0) is 32.1 Å². The van der Waals surface area contributed by atoms with Gasteiger partial charge in [-0.25, -0.2) is 4.39 Å². The Hall–Kier alpha value is -1.64. The molecule has 0 aromatic heterocycles. The molecule has 2 nitrogen and oxygen atoms in total. The number of para-hydroxylation sites is 1. The van der Waals surface area contributed by atoms with E-state index in [1.807, 2.05) is 13.8 Å². The number of carbonyl (C=O) groups is 1. The lowest BCUT2D eigenvalue weighted by atomic mass is 10.1. The number of hydrogen-bond donors (Lipinski definition) is 0. The summed E-state index contributed by atoms with van der Waals surface area (Å²) in [5.41, 5.74) is 1.12. The third kappa shape index (κ3) is 2.65. The van der Waals surface area contributed by atoms with Gasteiger partial charge in [0.15, 0.2) is 17.3 Å². The minimum Gasteiger partial charge on any atom is -0.493 e. The van der Waals surface area contributed by atoms with Crippen LogP contribution in [-0.4, -0.2) is 12.9 Å². The van der Waals surface area contributed by atoms with Crippen LogP contribution in [0.2, 0.25) is 0 Å². The second-order valence-electron chi connectivity index (χ2n) is 3.41. The lowest BCUT2D eigenvalue weighted by molar-refractivity contribution is 0.104. The molecule has 0 N–H and O–H groups in total. The van der Waals surface area contributed by atoms with Crippen LogP contribution >= 0.6 is 0 Å². The predicted molar refractivity (Wildman–Crippen MR) is 56.7 cm³/mol. The molecule has 0 bridgehead atoms. The van der Waals surface area contributed by atoms with Crippen molar-refractivity contribution in [3.63, 3.8) is 0 Å². The van der Waals surface area contributed by atoms with Crippen molar-refractivity contribution >= 4 is 5.78 Å². The van der Waals surface area contributed by atoms with Crippen molar-refractivity contribution in [2.75, 3.05) is 7.11 Å². The molecule has 0 aliphatic carbocycles. The average molecular weight is 208 g/mol. The maximum atomic E-state index is 13.3. The molecule has 0 saturated carbocycles. The molecule has 0 fully saturated rings. The van der Waals surface area contributed by atoms with E-state index in [2.05, 4.69) is 0 Å². The van der Waals surface area contributed by atoms with Gasteiger partial charge >= 0.3 is 0 Å². The highest BCUT2D eigenvalue weighted by Crippen LogP contribution is 2.23. The third-order valence-electron chi connectivity index (χ3n) is 1.86. The van der Waals surface area contributed by atoms with E-state index in [0.29, 0.717) is 0 Å². The number of halogens is 1. The van der Waals surface area contributed by atoms with Crippen LogP contribution in [-0.2, 0) is 0 Å². The average Bonchev–Trinajstić information content (AvgIpc) is 2.16. The summed E-state index contributed by atoms with van der Waals surface area (Å²) in [5, 5.41) is 0. The van der Waals surface area contributed by atoms with Gasteiger partial charge in [-0.1, -0.05) is 11.6 Å². The van der Waals surface area contributed by atoms with Crippen molar-refractivity contribution in [2.24, 2.45) is 0 Å². The molecular weight excluding hydrogens is 195 g/mol. The SMILES string of the molecule is COc1c(F)cccc1C(=O)C=C(C)C. The number of benzene rings is 1.